The van der Waals surface area contributed by atoms with E-state index in [9.17, 15) is 0 Å². The van der Waals surface area contributed by atoms with Crippen molar-refractivity contribution >= 4 is 11.8 Å². The minimum Gasteiger partial charge on any atom is -0.384 e. The Hall–Kier alpha value is 0.230. The van der Waals surface area contributed by atoms with Crippen molar-refractivity contribution < 1.29 is 9.47 Å². The van der Waals surface area contributed by atoms with E-state index >= 15 is 0 Å². The zero-order valence-corrected chi connectivity index (χ0v) is 10.1. The number of ether oxygens (including phenoxy) is 2. The summed E-state index contributed by atoms with van der Waals surface area (Å²) in [4.78, 5) is 0. The van der Waals surface area contributed by atoms with Gasteiger partial charge in [0.2, 0.25) is 0 Å². The molecule has 0 radical (unpaired) electrons. The molecule has 0 aromatic carbocycles. The van der Waals surface area contributed by atoms with Gasteiger partial charge in [-0.2, -0.15) is 11.8 Å². The molecule has 0 bridgehead atoms. The number of thioether (sulfide) groups is 1. The minimum atomic E-state index is 0.497. The summed E-state index contributed by atoms with van der Waals surface area (Å²) in [6.45, 7) is 5.34. The van der Waals surface area contributed by atoms with Gasteiger partial charge in [-0.05, 0) is 12.2 Å². The largest absolute Gasteiger partial charge is 0.384 e. The highest BCUT2D eigenvalue weighted by Gasteiger charge is 2.00. The van der Waals surface area contributed by atoms with Crippen molar-refractivity contribution in [3.05, 3.63) is 0 Å². The summed E-state index contributed by atoms with van der Waals surface area (Å²) >= 11 is 1.89. The Morgan fingerprint density at radius 1 is 1.29 bits per heavy atom. The van der Waals surface area contributed by atoms with E-state index in [0.717, 1.165) is 44.3 Å². The third-order valence-electron chi connectivity index (χ3n) is 1.69. The zero-order chi connectivity index (χ0) is 10.6. The molecular weight excluding hydrogens is 198 g/mol. The average Bonchev–Trinajstić information content (AvgIpc) is 2.17. The van der Waals surface area contributed by atoms with Crippen molar-refractivity contribution in [2.24, 2.45) is 11.7 Å². The Bertz CT molecular complexity index is 114. The predicted octanol–water partition coefficient (Wildman–Crippen LogP) is 1.37. The first-order chi connectivity index (χ1) is 6.81. The molecule has 0 aliphatic carbocycles. The molecule has 0 spiro atoms. The number of hydrogen-bond donors (Lipinski definition) is 1. The molecule has 0 aromatic heterocycles. The molecule has 0 heterocycles. The van der Waals surface area contributed by atoms with Gasteiger partial charge < -0.3 is 15.2 Å². The van der Waals surface area contributed by atoms with Crippen LogP contribution in [-0.2, 0) is 9.47 Å². The summed E-state index contributed by atoms with van der Waals surface area (Å²) in [5.74, 6) is 2.70. The first-order valence-electron chi connectivity index (χ1n) is 5.15. The molecule has 3 nitrogen and oxygen atoms in total. The Kier molecular flexibility index (Phi) is 11.5. The summed E-state index contributed by atoms with van der Waals surface area (Å²) in [6.07, 6.45) is 1.12. The quantitative estimate of drug-likeness (QED) is 0.566. The molecule has 0 saturated carbocycles. The molecule has 1 atom stereocenters. The van der Waals surface area contributed by atoms with Crippen LogP contribution in [0, 0.1) is 5.92 Å². The van der Waals surface area contributed by atoms with Crippen LogP contribution in [0.3, 0.4) is 0 Å². The molecule has 0 amide bonds. The van der Waals surface area contributed by atoms with E-state index in [1.54, 1.807) is 7.11 Å². The predicted molar refractivity (Wildman–Crippen MR) is 62.9 cm³/mol. The molecule has 1 unspecified atom stereocenters. The van der Waals surface area contributed by atoms with Crippen LogP contribution in [0.25, 0.3) is 0 Å². The van der Waals surface area contributed by atoms with Gasteiger partial charge in [-0.3, -0.25) is 0 Å². The van der Waals surface area contributed by atoms with Crippen molar-refractivity contribution in [2.75, 3.05) is 45.0 Å². The van der Waals surface area contributed by atoms with E-state index in [1.165, 1.54) is 0 Å². The molecule has 0 aliphatic rings. The van der Waals surface area contributed by atoms with Crippen LogP contribution in [0.5, 0.6) is 0 Å². The van der Waals surface area contributed by atoms with E-state index in [0.29, 0.717) is 5.92 Å². The second-order valence-corrected chi connectivity index (χ2v) is 4.61. The van der Waals surface area contributed by atoms with Gasteiger partial charge in [0, 0.05) is 31.9 Å². The molecule has 86 valence electrons. The third-order valence-corrected chi connectivity index (χ3v) is 2.79. The van der Waals surface area contributed by atoms with Crippen LogP contribution < -0.4 is 5.73 Å². The molecule has 0 aromatic rings. The van der Waals surface area contributed by atoms with Gasteiger partial charge in [-0.1, -0.05) is 6.92 Å². The number of hydrogen-bond acceptors (Lipinski definition) is 4. The smallest absolute Gasteiger partial charge is 0.0513 e. The minimum absolute atomic E-state index is 0.497. The first kappa shape index (κ1) is 14.2. The Balaban J connectivity index is 2.98. The monoisotopic (exact) mass is 221 g/mol. The highest BCUT2D eigenvalue weighted by atomic mass is 32.2. The maximum absolute atomic E-state index is 5.50. The Morgan fingerprint density at radius 3 is 2.71 bits per heavy atom. The molecule has 0 saturated heterocycles. The van der Waals surface area contributed by atoms with Gasteiger partial charge >= 0.3 is 0 Å². The van der Waals surface area contributed by atoms with Crippen molar-refractivity contribution in [3.63, 3.8) is 0 Å². The summed E-state index contributed by atoms with van der Waals surface area (Å²) < 4.78 is 10.5. The third kappa shape index (κ3) is 10.3. The van der Waals surface area contributed by atoms with Crippen LogP contribution >= 0.6 is 11.8 Å². The lowest BCUT2D eigenvalue weighted by molar-refractivity contribution is 0.0654. The van der Waals surface area contributed by atoms with Crippen molar-refractivity contribution in [1.82, 2.24) is 0 Å². The molecule has 2 N–H and O–H groups in total. The Labute approximate surface area is 91.7 Å². The van der Waals surface area contributed by atoms with Crippen LogP contribution in [0.4, 0.5) is 0 Å². The fourth-order valence-electron chi connectivity index (χ4n) is 1.07. The molecular formula is C10H23NO2S. The maximum atomic E-state index is 5.50. The zero-order valence-electron chi connectivity index (χ0n) is 9.33. The van der Waals surface area contributed by atoms with Gasteiger partial charge in [0.1, 0.15) is 0 Å². The second-order valence-electron chi connectivity index (χ2n) is 3.39. The SMILES string of the molecule is COCC(C)COCCCSCCN. The van der Waals surface area contributed by atoms with E-state index in [2.05, 4.69) is 6.92 Å². The number of nitrogens with two attached hydrogens (primary N) is 1. The van der Waals surface area contributed by atoms with Crippen LogP contribution in [0.2, 0.25) is 0 Å². The van der Waals surface area contributed by atoms with Crippen LogP contribution in [0.1, 0.15) is 13.3 Å². The summed E-state index contributed by atoms with van der Waals surface area (Å²) in [7, 11) is 1.72. The standard InChI is InChI=1S/C10H23NO2S/c1-10(8-12-2)9-13-5-3-6-14-7-4-11/h10H,3-9,11H2,1-2H3. The summed E-state index contributed by atoms with van der Waals surface area (Å²) in [5, 5.41) is 0. The molecule has 4 heteroatoms. The summed E-state index contributed by atoms with van der Waals surface area (Å²) in [5.41, 5.74) is 5.38. The fraction of sp³-hybridized carbons (Fsp3) is 1.00. The van der Waals surface area contributed by atoms with Gasteiger partial charge in [-0.15, -0.1) is 0 Å². The van der Waals surface area contributed by atoms with Gasteiger partial charge in [0.15, 0.2) is 0 Å². The van der Waals surface area contributed by atoms with Crippen LogP contribution in [0.15, 0.2) is 0 Å². The van der Waals surface area contributed by atoms with Gasteiger partial charge in [-0.25, -0.2) is 0 Å². The summed E-state index contributed by atoms with van der Waals surface area (Å²) in [6, 6.07) is 0. The lowest BCUT2D eigenvalue weighted by Gasteiger charge is -2.10. The number of methoxy groups -OCH3 is 1. The number of rotatable bonds is 10. The molecule has 14 heavy (non-hydrogen) atoms. The molecule has 0 fully saturated rings. The lowest BCUT2D eigenvalue weighted by atomic mass is 10.2. The first-order valence-corrected chi connectivity index (χ1v) is 6.31. The van der Waals surface area contributed by atoms with Gasteiger partial charge in [0.05, 0.1) is 13.2 Å². The molecule has 0 rings (SSSR count). The second kappa shape index (κ2) is 11.3. The molecule has 0 aliphatic heterocycles. The van der Waals surface area contributed by atoms with Gasteiger partial charge in [0.25, 0.3) is 0 Å². The maximum Gasteiger partial charge on any atom is 0.0513 e. The van der Waals surface area contributed by atoms with Crippen molar-refractivity contribution in [1.29, 1.82) is 0 Å². The lowest BCUT2D eigenvalue weighted by Crippen LogP contribution is -2.12. The Morgan fingerprint density at radius 2 is 2.07 bits per heavy atom. The van der Waals surface area contributed by atoms with E-state index < -0.39 is 0 Å². The highest BCUT2D eigenvalue weighted by Crippen LogP contribution is 2.02. The van der Waals surface area contributed by atoms with Crippen molar-refractivity contribution in [2.45, 2.75) is 13.3 Å². The van der Waals surface area contributed by atoms with E-state index in [-0.39, 0.29) is 0 Å². The van der Waals surface area contributed by atoms with Crippen molar-refractivity contribution in [3.8, 4) is 0 Å². The average molecular weight is 221 g/mol. The highest BCUT2D eigenvalue weighted by molar-refractivity contribution is 7.99. The van der Waals surface area contributed by atoms with Crippen LogP contribution in [-0.4, -0.2) is 45.0 Å². The fourth-order valence-corrected chi connectivity index (χ4v) is 1.76. The van der Waals surface area contributed by atoms with E-state index in [4.69, 9.17) is 15.2 Å². The normalized spacial score (nSPS) is 13.1. The topological polar surface area (TPSA) is 44.5 Å². The van der Waals surface area contributed by atoms with E-state index in [1.807, 2.05) is 11.8 Å².